The molecule has 2 rings (SSSR count). The maximum Gasteiger partial charge on any atom is 0.246 e. The molecule has 1 aromatic carbocycles. The quantitative estimate of drug-likeness (QED) is 0.736. The highest BCUT2D eigenvalue weighted by Crippen LogP contribution is 2.18. The summed E-state index contributed by atoms with van der Waals surface area (Å²) in [7, 11) is -4.16. The standard InChI is InChI=1S/C16H17FN2O4S/c1-2-9-19(12-16(20)18-11-13-6-5-10-23-13)24(21,22)15-8-4-3-7-14(15)17/h2-8,10H,1,9,11-12H2,(H,18,20). The summed E-state index contributed by atoms with van der Waals surface area (Å²) < 4.78 is 44.8. The first-order chi connectivity index (χ1) is 11.4. The molecule has 128 valence electrons. The second-order valence-corrected chi connectivity index (χ2v) is 6.78. The van der Waals surface area contributed by atoms with Crippen molar-refractivity contribution < 1.29 is 22.0 Å². The van der Waals surface area contributed by atoms with Gasteiger partial charge in [0, 0.05) is 6.54 Å². The summed E-state index contributed by atoms with van der Waals surface area (Å²) in [5.74, 6) is -0.869. The van der Waals surface area contributed by atoms with Crippen LogP contribution in [0.25, 0.3) is 0 Å². The van der Waals surface area contributed by atoms with Crippen LogP contribution in [0.2, 0.25) is 0 Å². The zero-order valence-electron chi connectivity index (χ0n) is 12.8. The SMILES string of the molecule is C=CCN(CC(=O)NCc1ccco1)S(=O)(=O)c1ccccc1F. The van der Waals surface area contributed by atoms with Gasteiger partial charge < -0.3 is 9.73 Å². The second-order valence-electron chi connectivity index (χ2n) is 4.87. The summed E-state index contributed by atoms with van der Waals surface area (Å²) in [5, 5.41) is 2.55. The Morgan fingerprint density at radius 1 is 1.29 bits per heavy atom. The van der Waals surface area contributed by atoms with Crippen LogP contribution in [-0.2, 0) is 21.4 Å². The summed E-state index contributed by atoms with van der Waals surface area (Å²) in [6.07, 6.45) is 2.80. The van der Waals surface area contributed by atoms with Crippen LogP contribution in [0.5, 0.6) is 0 Å². The van der Waals surface area contributed by atoms with Crippen LogP contribution in [-0.4, -0.2) is 31.7 Å². The summed E-state index contributed by atoms with van der Waals surface area (Å²) in [6.45, 7) is 3.03. The molecule has 1 heterocycles. The Morgan fingerprint density at radius 3 is 2.67 bits per heavy atom. The van der Waals surface area contributed by atoms with E-state index in [0.29, 0.717) is 5.76 Å². The average molecular weight is 352 g/mol. The maximum absolute atomic E-state index is 13.8. The van der Waals surface area contributed by atoms with Crippen molar-refractivity contribution in [1.82, 2.24) is 9.62 Å². The monoisotopic (exact) mass is 352 g/mol. The molecule has 6 nitrogen and oxygen atoms in total. The summed E-state index contributed by atoms with van der Waals surface area (Å²) >= 11 is 0. The van der Waals surface area contributed by atoms with Gasteiger partial charge in [-0.05, 0) is 24.3 Å². The number of halogens is 1. The van der Waals surface area contributed by atoms with Gasteiger partial charge in [0.2, 0.25) is 15.9 Å². The molecular weight excluding hydrogens is 335 g/mol. The zero-order chi connectivity index (χ0) is 17.6. The fourth-order valence-electron chi connectivity index (χ4n) is 2.00. The van der Waals surface area contributed by atoms with E-state index < -0.39 is 33.2 Å². The van der Waals surface area contributed by atoms with Crippen molar-refractivity contribution in [2.24, 2.45) is 0 Å². The minimum absolute atomic E-state index is 0.120. The Labute approximate surface area is 139 Å². The molecule has 1 N–H and O–H groups in total. The van der Waals surface area contributed by atoms with E-state index in [-0.39, 0.29) is 13.1 Å². The third-order valence-electron chi connectivity index (χ3n) is 3.15. The van der Waals surface area contributed by atoms with Crippen molar-refractivity contribution in [3.63, 3.8) is 0 Å². The van der Waals surface area contributed by atoms with Crippen molar-refractivity contribution in [3.05, 3.63) is 66.9 Å². The summed E-state index contributed by atoms with van der Waals surface area (Å²) in [6, 6.07) is 8.37. The smallest absolute Gasteiger partial charge is 0.246 e. The van der Waals surface area contributed by atoms with Crippen LogP contribution in [0.4, 0.5) is 4.39 Å². The van der Waals surface area contributed by atoms with Crippen LogP contribution in [0, 0.1) is 5.82 Å². The van der Waals surface area contributed by atoms with Crippen molar-refractivity contribution in [2.45, 2.75) is 11.4 Å². The molecule has 0 radical (unpaired) electrons. The molecule has 8 heteroatoms. The predicted molar refractivity (Wildman–Crippen MR) is 85.9 cm³/mol. The molecule has 1 aromatic heterocycles. The molecule has 0 saturated heterocycles. The van der Waals surface area contributed by atoms with E-state index in [1.54, 1.807) is 12.1 Å². The normalized spacial score (nSPS) is 11.4. The number of nitrogens with one attached hydrogen (secondary N) is 1. The highest BCUT2D eigenvalue weighted by molar-refractivity contribution is 7.89. The van der Waals surface area contributed by atoms with Gasteiger partial charge in [0.15, 0.2) is 0 Å². The van der Waals surface area contributed by atoms with Gasteiger partial charge in [-0.1, -0.05) is 18.2 Å². The fourth-order valence-corrected chi connectivity index (χ4v) is 3.43. The lowest BCUT2D eigenvalue weighted by molar-refractivity contribution is -0.121. The Kier molecular flexibility index (Phi) is 5.88. The van der Waals surface area contributed by atoms with Crippen LogP contribution < -0.4 is 5.32 Å². The number of carbonyl (C=O) groups is 1. The van der Waals surface area contributed by atoms with Crippen LogP contribution in [0.3, 0.4) is 0 Å². The topological polar surface area (TPSA) is 79.6 Å². The van der Waals surface area contributed by atoms with Crippen molar-refractivity contribution >= 4 is 15.9 Å². The Bertz CT molecular complexity index is 803. The lowest BCUT2D eigenvalue weighted by atomic mass is 10.3. The van der Waals surface area contributed by atoms with E-state index in [2.05, 4.69) is 11.9 Å². The maximum atomic E-state index is 13.8. The van der Waals surface area contributed by atoms with Crippen LogP contribution in [0.15, 0.2) is 64.6 Å². The molecule has 0 aliphatic carbocycles. The summed E-state index contributed by atoms with van der Waals surface area (Å²) in [5.41, 5.74) is 0. The van der Waals surface area contributed by atoms with Crippen LogP contribution >= 0.6 is 0 Å². The number of carbonyl (C=O) groups excluding carboxylic acids is 1. The third kappa shape index (κ3) is 4.30. The van der Waals surface area contributed by atoms with Gasteiger partial charge in [0.25, 0.3) is 0 Å². The molecule has 0 atom stereocenters. The van der Waals surface area contributed by atoms with Gasteiger partial charge in [0.05, 0.1) is 19.4 Å². The van der Waals surface area contributed by atoms with E-state index in [9.17, 15) is 17.6 Å². The van der Waals surface area contributed by atoms with E-state index >= 15 is 0 Å². The highest BCUT2D eigenvalue weighted by atomic mass is 32.2. The van der Waals surface area contributed by atoms with Gasteiger partial charge in [-0.3, -0.25) is 4.79 Å². The minimum atomic E-state index is -4.16. The lowest BCUT2D eigenvalue weighted by Crippen LogP contribution is -2.40. The third-order valence-corrected chi connectivity index (χ3v) is 4.99. The molecule has 0 unspecified atom stereocenters. The van der Waals surface area contributed by atoms with E-state index in [1.165, 1.54) is 24.5 Å². The minimum Gasteiger partial charge on any atom is -0.467 e. The Balaban J connectivity index is 2.12. The molecular formula is C16H17FN2O4S. The number of sulfonamides is 1. The molecule has 2 aromatic rings. The van der Waals surface area contributed by atoms with Gasteiger partial charge in [-0.15, -0.1) is 6.58 Å². The van der Waals surface area contributed by atoms with Crippen molar-refractivity contribution in [2.75, 3.05) is 13.1 Å². The predicted octanol–water partition coefficient (Wildman–Crippen LogP) is 1.91. The van der Waals surface area contributed by atoms with Gasteiger partial charge in [-0.2, -0.15) is 4.31 Å². The number of furan rings is 1. The lowest BCUT2D eigenvalue weighted by Gasteiger charge is -2.20. The number of nitrogens with zero attached hydrogens (tertiary/aromatic N) is 1. The van der Waals surface area contributed by atoms with E-state index in [1.807, 2.05) is 0 Å². The second kappa shape index (κ2) is 7.89. The molecule has 1 amide bonds. The first kappa shape index (κ1) is 17.9. The van der Waals surface area contributed by atoms with E-state index in [0.717, 1.165) is 16.4 Å². The first-order valence-electron chi connectivity index (χ1n) is 7.10. The molecule has 0 saturated carbocycles. The van der Waals surface area contributed by atoms with Gasteiger partial charge >= 0.3 is 0 Å². The largest absolute Gasteiger partial charge is 0.467 e. The van der Waals surface area contributed by atoms with E-state index in [4.69, 9.17) is 4.42 Å². The molecule has 0 bridgehead atoms. The Hall–Kier alpha value is -2.45. The highest BCUT2D eigenvalue weighted by Gasteiger charge is 2.28. The molecule has 0 aliphatic rings. The molecule has 0 fully saturated rings. The van der Waals surface area contributed by atoms with Crippen molar-refractivity contribution in [3.8, 4) is 0 Å². The number of rotatable bonds is 8. The Morgan fingerprint density at radius 2 is 2.04 bits per heavy atom. The number of benzene rings is 1. The van der Waals surface area contributed by atoms with Crippen LogP contribution in [0.1, 0.15) is 5.76 Å². The fraction of sp³-hybridized carbons (Fsp3) is 0.188. The summed E-state index contributed by atoms with van der Waals surface area (Å²) in [4.78, 5) is 11.5. The first-order valence-corrected chi connectivity index (χ1v) is 8.54. The van der Waals surface area contributed by atoms with Gasteiger partial charge in [0.1, 0.15) is 16.5 Å². The number of hydrogen-bond acceptors (Lipinski definition) is 4. The number of amides is 1. The molecule has 0 spiro atoms. The average Bonchev–Trinajstić information content (AvgIpc) is 3.06. The molecule has 24 heavy (non-hydrogen) atoms. The molecule has 0 aliphatic heterocycles. The zero-order valence-corrected chi connectivity index (χ0v) is 13.6. The van der Waals surface area contributed by atoms with Gasteiger partial charge in [-0.25, -0.2) is 12.8 Å². The van der Waals surface area contributed by atoms with Crippen molar-refractivity contribution in [1.29, 1.82) is 0 Å². The number of hydrogen-bond donors (Lipinski definition) is 1.